The van der Waals surface area contributed by atoms with Crippen LogP contribution in [0.5, 0.6) is 0 Å². The number of nitrogens with zero attached hydrogens (tertiary/aromatic N) is 1. The van der Waals surface area contributed by atoms with E-state index in [1.165, 1.54) is 0 Å². The first-order chi connectivity index (χ1) is 11.0. The van der Waals surface area contributed by atoms with E-state index in [2.05, 4.69) is 10.2 Å². The molecule has 0 saturated heterocycles. The van der Waals surface area contributed by atoms with Gasteiger partial charge in [-0.15, -0.1) is 0 Å². The summed E-state index contributed by atoms with van der Waals surface area (Å²) >= 11 is 6.04. The van der Waals surface area contributed by atoms with Gasteiger partial charge >= 0.3 is 0 Å². The lowest BCUT2D eigenvalue weighted by atomic mass is 10.2. The Labute approximate surface area is 142 Å². The van der Waals surface area contributed by atoms with Gasteiger partial charge in [0.2, 0.25) is 5.91 Å². The summed E-state index contributed by atoms with van der Waals surface area (Å²) in [6.45, 7) is 1.13. The van der Waals surface area contributed by atoms with E-state index >= 15 is 0 Å². The highest BCUT2D eigenvalue weighted by Gasteiger charge is 2.05. The molecule has 2 aromatic carbocycles. The predicted molar refractivity (Wildman–Crippen MR) is 93.6 cm³/mol. The maximum atomic E-state index is 11.9. The van der Waals surface area contributed by atoms with Gasteiger partial charge in [0.05, 0.1) is 6.61 Å². The van der Waals surface area contributed by atoms with E-state index in [-0.39, 0.29) is 12.5 Å². The third kappa shape index (κ3) is 6.02. The van der Waals surface area contributed by atoms with Crippen LogP contribution in [-0.2, 0) is 22.7 Å². The molecule has 0 heterocycles. The molecule has 0 aliphatic carbocycles. The summed E-state index contributed by atoms with van der Waals surface area (Å²) in [4.78, 5) is 14.0. The van der Waals surface area contributed by atoms with Crippen molar-refractivity contribution < 1.29 is 9.53 Å². The van der Waals surface area contributed by atoms with E-state index in [9.17, 15) is 4.79 Å². The molecule has 0 bridgehead atoms. The van der Waals surface area contributed by atoms with Crippen LogP contribution >= 0.6 is 11.6 Å². The number of carbonyl (C=O) groups is 1. The Bertz CT molecular complexity index is 659. The fraction of sp³-hybridized carbons (Fsp3) is 0.278. The van der Waals surface area contributed by atoms with Crippen LogP contribution in [0.25, 0.3) is 0 Å². The first-order valence-electron chi connectivity index (χ1n) is 7.39. The number of carbonyl (C=O) groups excluding carboxylic acids is 1. The zero-order chi connectivity index (χ0) is 16.7. The van der Waals surface area contributed by atoms with Gasteiger partial charge in [-0.3, -0.25) is 4.79 Å². The second-order valence-electron chi connectivity index (χ2n) is 5.57. The SMILES string of the molecule is CN(C)Cc1cccc(NC(=O)COCc2ccccc2Cl)c1. The molecule has 23 heavy (non-hydrogen) atoms. The minimum atomic E-state index is -0.181. The van der Waals surface area contributed by atoms with Crippen molar-refractivity contribution >= 4 is 23.2 Å². The molecule has 0 aliphatic heterocycles. The highest BCUT2D eigenvalue weighted by Crippen LogP contribution is 2.16. The molecular weight excluding hydrogens is 312 g/mol. The highest BCUT2D eigenvalue weighted by atomic mass is 35.5. The van der Waals surface area contributed by atoms with E-state index < -0.39 is 0 Å². The Kier molecular flexibility index (Phi) is 6.59. The van der Waals surface area contributed by atoms with Crippen LogP contribution in [0.4, 0.5) is 5.69 Å². The van der Waals surface area contributed by atoms with Crippen molar-refractivity contribution in [3.8, 4) is 0 Å². The molecule has 1 amide bonds. The highest BCUT2D eigenvalue weighted by molar-refractivity contribution is 6.31. The smallest absolute Gasteiger partial charge is 0.250 e. The largest absolute Gasteiger partial charge is 0.367 e. The van der Waals surface area contributed by atoms with Crippen molar-refractivity contribution in [1.29, 1.82) is 0 Å². The second kappa shape index (κ2) is 8.67. The van der Waals surface area contributed by atoms with Gasteiger partial charge in [0, 0.05) is 17.3 Å². The van der Waals surface area contributed by atoms with Crippen molar-refractivity contribution in [3.63, 3.8) is 0 Å². The molecule has 0 saturated carbocycles. The van der Waals surface area contributed by atoms with Crippen LogP contribution < -0.4 is 5.32 Å². The van der Waals surface area contributed by atoms with Crippen molar-refractivity contribution in [2.75, 3.05) is 26.0 Å². The number of ether oxygens (including phenoxy) is 1. The quantitative estimate of drug-likeness (QED) is 0.843. The minimum absolute atomic E-state index is 0.0108. The number of halogens is 1. The third-order valence-electron chi connectivity index (χ3n) is 3.16. The number of benzene rings is 2. The normalized spacial score (nSPS) is 10.8. The van der Waals surface area contributed by atoms with Crippen LogP contribution in [0.2, 0.25) is 5.02 Å². The van der Waals surface area contributed by atoms with Crippen molar-refractivity contribution in [2.24, 2.45) is 0 Å². The summed E-state index contributed by atoms with van der Waals surface area (Å²) in [7, 11) is 4.02. The molecule has 2 aromatic rings. The fourth-order valence-electron chi connectivity index (χ4n) is 2.18. The lowest BCUT2D eigenvalue weighted by molar-refractivity contribution is -0.121. The summed E-state index contributed by atoms with van der Waals surface area (Å²) in [6.07, 6.45) is 0. The topological polar surface area (TPSA) is 41.6 Å². The second-order valence-corrected chi connectivity index (χ2v) is 5.98. The fourth-order valence-corrected chi connectivity index (χ4v) is 2.37. The van der Waals surface area contributed by atoms with E-state index in [0.29, 0.717) is 11.6 Å². The molecule has 0 unspecified atom stereocenters. The Morgan fingerprint density at radius 2 is 1.96 bits per heavy atom. The molecule has 0 aliphatic rings. The summed E-state index contributed by atoms with van der Waals surface area (Å²) in [5.74, 6) is -0.181. The van der Waals surface area contributed by atoms with Gasteiger partial charge in [-0.2, -0.15) is 0 Å². The lowest BCUT2D eigenvalue weighted by Gasteiger charge is -2.11. The van der Waals surface area contributed by atoms with Gasteiger partial charge in [-0.05, 0) is 43.4 Å². The predicted octanol–water partition coefficient (Wildman–Crippen LogP) is 3.56. The van der Waals surface area contributed by atoms with Crippen LogP contribution in [0, 0.1) is 0 Å². The Balaban J connectivity index is 1.82. The van der Waals surface area contributed by atoms with Gasteiger partial charge < -0.3 is 15.0 Å². The number of hydrogen-bond donors (Lipinski definition) is 1. The molecule has 2 rings (SSSR count). The molecule has 0 radical (unpaired) electrons. The van der Waals surface area contributed by atoms with Gasteiger partial charge in [-0.25, -0.2) is 0 Å². The first-order valence-corrected chi connectivity index (χ1v) is 7.77. The molecule has 0 spiro atoms. The molecule has 0 fully saturated rings. The minimum Gasteiger partial charge on any atom is -0.367 e. The average Bonchev–Trinajstić information content (AvgIpc) is 2.49. The molecule has 5 heteroatoms. The number of rotatable bonds is 7. The summed E-state index contributed by atoms with van der Waals surface area (Å²) in [5.41, 5.74) is 2.79. The summed E-state index contributed by atoms with van der Waals surface area (Å²) < 4.78 is 5.42. The Morgan fingerprint density at radius 1 is 1.17 bits per heavy atom. The summed E-state index contributed by atoms with van der Waals surface area (Å²) in [5, 5.41) is 3.48. The maximum Gasteiger partial charge on any atom is 0.250 e. The van der Waals surface area contributed by atoms with Crippen LogP contribution in [-0.4, -0.2) is 31.5 Å². The van der Waals surface area contributed by atoms with E-state index in [1.54, 1.807) is 6.07 Å². The maximum absolute atomic E-state index is 11.9. The van der Waals surface area contributed by atoms with E-state index in [1.807, 2.05) is 56.6 Å². The van der Waals surface area contributed by atoms with Crippen LogP contribution in [0.15, 0.2) is 48.5 Å². The van der Waals surface area contributed by atoms with Crippen LogP contribution in [0.1, 0.15) is 11.1 Å². The van der Waals surface area contributed by atoms with Gasteiger partial charge in [-0.1, -0.05) is 41.9 Å². The number of hydrogen-bond acceptors (Lipinski definition) is 3. The van der Waals surface area contributed by atoms with Gasteiger partial charge in [0.1, 0.15) is 6.61 Å². The van der Waals surface area contributed by atoms with Crippen molar-refractivity contribution in [1.82, 2.24) is 4.90 Å². The third-order valence-corrected chi connectivity index (χ3v) is 3.53. The van der Waals surface area contributed by atoms with E-state index in [0.717, 1.165) is 23.4 Å². The summed E-state index contributed by atoms with van der Waals surface area (Å²) in [6, 6.07) is 15.2. The monoisotopic (exact) mass is 332 g/mol. The van der Waals surface area contributed by atoms with Crippen molar-refractivity contribution in [3.05, 3.63) is 64.7 Å². The standard InChI is InChI=1S/C18H21ClN2O2/c1-21(2)11-14-6-5-8-16(10-14)20-18(22)13-23-12-15-7-3-4-9-17(15)19/h3-10H,11-13H2,1-2H3,(H,20,22). The average molecular weight is 333 g/mol. The molecule has 4 nitrogen and oxygen atoms in total. The molecule has 0 aromatic heterocycles. The molecule has 122 valence electrons. The number of nitrogens with one attached hydrogen (secondary N) is 1. The molecular formula is C18H21ClN2O2. The van der Waals surface area contributed by atoms with Gasteiger partial charge in [0.15, 0.2) is 0 Å². The van der Waals surface area contributed by atoms with E-state index in [4.69, 9.17) is 16.3 Å². The zero-order valence-electron chi connectivity index (χ0n) is 13.4. The first kappa shape index (κ1) is 17.5. The lowest BCUT2D eigenvalue weighted by Crippen LogP contribution is -2.18. The Hall–Kier alpha value is -1.88. The Morgan fingerprint density at radius 3 is 2.70 bits per heavy atom. The molecule has 0 atom stereocenters. The zero-order valence-corrected chi connectivity index (χ0v) is 14.1. The number of amides is 1. The number of anilines is 1. The molecule has 1 N–H and O–H groups in total. The van der Waals surface area contributed by atoms with Crippen LogP contribution in [0.3, 0.4) is 0 Å². The van der Waals surface area contributed by atoms with Crippen molar-refractivity contribution in [2.45, 2.75) is 13.2 Å². The van der Waals surface area contributed by atoms with Gasteiger partial charge in [0.25, 0.3) is 0 Å².